The lowest BCUT2D eigenvalue weighted by Crippen LogP contribution is -2.32. The Morgan fingerprint density at radius 1 is 1.62 bits per heavy atom. The predicted molar refractivity (Wildman–Crippen MR) is 70.4 cm³/mol. The highest BCUT2D eigenvalue weighted by Crippen LogP contribution is 2.42. The number of hydrogen-bond acceptors (Lipinski definition) is 2. The van der Waals surface area contributed by atoms with Gasteiger partial charge in [-0.2, -0.15) is 0 Å². The molecule has 1 nitrogen and oxygen atoms in total. The van der Waals surface area contributed by atoms with Crippen molar-refractivity contribution >= 4 is 11.3 Å². The molecule has 0 spiro atoms. The Morgan fingerprint density at radius 3 is 2.94 bits per heavy atom. The first-order chi connectivity index (χ1) is 7.85. The van der Waals surface area contributed by atoms with Crippen LogP contribution in [0.1, 0.15) is 43.5 Å². The lowest BCUT2D eigenvalue weighted by Gasteiger charge is -2.21. The van der Waals surface area contributed by atoms with E-state index in [1.54, 1.807) is 0 Å². The van der Waals surface area contributed by atoms with Gasteiger partial charge in [0, 0.05) is 10.9 Å². The van der Waals surface area contributed by atoms with Crippen molar-refractivity contribution < 1.29 is 0 Å². The summed E-state index contributed by atoms with van der Waals surface area (Å²) < 4.78 is 0. The van der Waals surface area contributed by atoms with Gasteiger partial charge in [0.25, 0.3) is 0 Å². The molecule has 0 aliphatic heterocycles. The van der Waals surface area contributed by atoms with Gasteiger partial charge in [0.05, 0.1) is 6.04 Å². The van der Waals surface area contributed by atoms with Crippen LogP contribution in [-0.4, -0.2) is 6.04 Å². The van der Waals surface area contributed by atoms with Crippen LogP contribution in [-0.2, 0) is 0 Å². The van der Waals surface area contributed by atoms with Crippen LogP contribution in [0, 0.1) is 18.3 Å². The number of nitrogens with one attached hydrogen (secondary N) is 1. The van der Waals surface area contributed by atoms with E-state index in [-0.39, 0.29) is 6.04 Å². The monoisotopic (exact) mass is 233 g/mol. The third-order valence-corrected chi connectivity index (χ3v) is 4.06. The van der Waals surface area contributed by atoms with Crippen molar-refractivity contribution in [3.8, 4) is 12.3 Å². The Balaban J connectivity index is 2.00. The Kier molecular flexibility index (Phi) is 4.04. The quantitative estimate of drug-likeness (QED) is 0.740. The van der Waals surface area contributed by atoms with E-state index in [1.165, 1.54) is 17.7 Å². The number of hydrogen-bond donors (Lipinski definition) is 1. The van der Waals surface area contributed by atoms with E-state index in [0.717, 1.165) is 18.8 Å². The molecular weight excluding hydrogens is 214 g/mol. The average molecular weight is 233 g/mol. The van der Waals surface area contributed by atoms with Gasteiger partial charge in [0.1, 0.15) is 0 Å². The first kappa shape index (κ1) is 11.7. The van der Waals surface area contributed by atoms with Gasteiger partial charge in [0.15, 0.2) is 0 Å². The molecule has 16 heavy (non-hydrogen) atoms. The van der Waals surface area contributed by atoms with E-state index in [2.05, 4.69) is 35.7 Å². The van der Waals surface area contributed by atoms with Gasteiger partial charge in [-0.3, -0.25) is 5.32 Å². The molecule has 2 unspecified atom stereocenters. The largest absolute Gasteiger partial charge is 0.296 e. The molecule has 0 radical (unpaired) electrons. The highest BCUT2D eigenvalue weighted by Gasteiger charge is 2.33. The molecule has 2 rings (SSSR count). The fraction of sp³-hybridized carbons (Fsp3) is 0.571. The third-order valence-electron chi connectivity index (χ3n) is 3.10. The van der Waals surface area contributed by atoms with Crippen molar-refractivity contribution in [1.29, 1.82) is 0 Å². The molecule has 0 aromatic carbocycles. The average Bonchev–Trinajstić information content (AvgIpc) is 2.99. The predicted octanol–water partition coefficient (Wildman–Crippen LogP) is 3.59. The lowest BCUT2D eigenvalue weighted by atomic mass is 10.1. The third kappa shape index (κ3) is 2.87. The number of thiophene rings is 1. The van der Waals surface area contributed by atoms with Crippen molar-refractivity contribution in [2.45, 2.75) is 44.7 Å². The number of rotatable bonds is 6. The van der Waals surface area contributed by atoms with Crippen LogP contribution in [0.25, 0.3) is 0 Å². The summed E-state index contributed by atoms with van der Waals surface area (Å²) in [5.41, 5.74) is 0. The van der Waals surface area contributed by atoms with Crippen LogP contribution in [0.4, 0.5) is 0 Å². The summed E-state index contributed by atoms with van der Waals surface area (Å²) in [6.07, 6.45) is 10.5. The first-order valence-corrected chi connectivity index (χ1v) is 6.98. The van der Waals surface area contributed by atoms with E-state index < -0.39 is 0 Å². The van der Waals surface area contributed by atoms with Gasteiger partial charge in [-0.05, 0) is 36.6 Å². The SMILES string of the molecule is C#CC(CCC)NC(c1cccs1)C1CC1. The Labute approximate surface area is 102 Å². The standard InChI is InChI=1S/C14H19NS/c1-3-6-12(4-2)15-14(11-8-9-11)13-7-5-10-16-13/h2,5,7,10-12,14-15H,3,6,8-9H2,1H3. The minimum atomic E-state index is 0.234. The smallest absolute Gasteiger partial charge is 0.0691 e. The van der Waals surface area contributed by atoms with Crippen molar-refractivity contribution in [2.75, 3.05) is 0 Å². The van der Waals surface area contributed by atoms with Crippen molar-refractivity contribution in [1.82, 2.24) is 5.32 Å². The summed E-state index contributed by atoms with van der Waals surface area (Å²) in [5.74, 6) is 3.68. The van der Waals surface area contributed by atoms with Gasteiger partial charge >= 0.3 is 0 Å². The Bertz CT molecular complexity index is 345. The zero-order chi connectivity index (χ0) is 11.4. The summed E-state index contributed by atoms with van der Waals surface area (Å²) in [4.78, 5) is 1.44. The van der Waals surface area contributed by atoms with Gasteiger partial charge in [-0.15, -0.1) is 17.8 Å². The molecule has 1 aliphatic carbocycles. The van der Waals surface area contributed by atoms with E-state index in [4.69, 9.17) is 6.42 Å². The lowest BCUT2D eigenvalue weighted by molar-refractivity contribution is 0.437. The molecule has 0 bridgehead atoms. The Hall–Kier alpha value is -0.780. The van der Waals surface area contributed by atoms with Crippen LogP contribution in [0.15, 0.2) is 17.5 Å². The van der Waals surface area contributed by atoms with Crippen LogP contribution in [0.3, 0.4) is 0 Å². The second-order valence-corrected chi connectivity index (χ2v) is 5.48. The van der Waals surface area contributed by atoms with Crippen LogP contribution in [0.5, 0.6) is 0 Å². The summed E-state index contributed by atoms with van der Waals surface area (Å²) in [6.45, 7) is 2.18. The second-order valence-electron chi connectivity index (χ2n) is 4.51. The first-order valence-electron chi connectivity index (χ1n) is 6.10. The van der Waals surface area contributed by atoms with E-state index in [9.17, 15) is 0 Å². The molecule has 1 heterocycles. The topological polar surface area (TPSA) is 12.0 Å². The van der Waals surface area contributed by atoms with Crippen LogP contribution in [0.2, 0.25) is 0 Å². The Morgan fingerprint density at radius 2 is 2.44 bits per heavy atom. The van der Waals surface area contributed by atoms with Crippen molar-refractivity contribution in [2.24, 2.45) is 5.92 Å². The summed E-state index contributed by atoms with van der Waals surface area (Å²) >= 11 is 1.84. The molecule has 1 aliphatic rings. The molecule has 1 saturated carbocycles. The van der Waals surface area contributed by atoms with E-state index in [0.29, 0.717) is 6.04 Å². The fourth-order valence-corrected chi connectivity index (χ4v) is 2.95. The molecule has 0 amide bonds. The van der Waals surface area contributed by atoms with Gasteiger partial charge in [-0.25, -0.2) is 0 Å². The van der Waals surface area contributed by atoms with E-state index in [1.807, 2.05) is 11.3 Å². The van der Waals surface area contributed by atoms with Crippen molar-refractivity contribution in [3.63, 3.8) is 0 Å². The molecule has 1 aromatic heterocycles. The molecule has 0 saturated heterocycles. The van der Waals surface area contributed by atoms with Crippen LogP contribution >= 0.6 is 11.3 Å². The second kappa shape index (κ2) is 5.52. The number of terminal acetylenes is 1. The maximum atomic E-state index is 5.57. The normalized spacial score (nSPS) is 19.0. The van der Waals surface area contributed by atoms with Crippen molar-refractivity contribution in [3.05, 3.63) is 22.4 Å². The highest BCUT2D eigenvalue weighted by atomic mass is 32.1. The molecule has 1 fully saturated rings. The summed E-state index contributed by atoms with van der Waals surface area (Å²) in [7, 11) is 0. The molecule has 1 aromatic rings. The summed E-state index contributed by atoms with van der Waals surface area (Å²) in [5, 5.41) is 5.79. The summed E-state index contributed by atoms with van der Waals surface area (Å²) in [6, 6.07) is 5.08. The highest BCUT2D eigenvalue weighted by molar-refractivity contribution is 7.10. The molecule has 1 N–H and O–H groups in total. The molecule has 2 atom stereocenters. The fourth-order valence-electron chi connectivity index (χ4n) is 2.07. The molecular formula is C14H19NS. The van der Waals surface area contributed by atoms with Gasteiger partial charge < -0.3 is 0 Å². The van der Waals surface area contributed by atoms with Crippen LogP contribution < -0.4 is 5.32 Å². The van der Waals surface area contributed by atoms with E-state index >= 15 is 0 Å². The van der Waals surface area contributed by atoms with Gasteiger partial charge in [-0.1, -0.05) is 25.3 Å². The zero-order valence-electron chi connectivity index (χ0n) is 9.78. The zero-order valence-corrected chi connectivity index (χ0v) is 10.6. The molecule has 2 heteroatoms. The maximum Gasteiger partial charge on any atom is 0.0691 e. The maximum absolute atomic E-state index is 5.57. The minimum absolute atomic E-state index is 0.234. The van der Waals surface area contributed by atoms with Gasteiger partial charge in [0.2, 0.25) is 0 Å². The minimum Gasteiger partial charge on any atom is -0.296 e. The molecule has 86 valence electrons.